The predicted octanol–water partition coefficient (Wildman–Crippen LogP) is 3.65. The van der Waals surface area contributed by atoms with Crippen molar-refractivity contribution >= 4 is 0 Å². The number of rotatable bonds is 6. The van der Waals surface area contributed by atoms with Crippen LogP contribution in [0.15, 0.2) is 55.4 Å². The fraction of sp³-hybridized carbons (Fsp3) is 0.400. The van der Waals surface area contributed by atoms with E-state index in [1.54, 1.807) is 12.3 Å². The van der Waals surface area contributed by atoms with Crippen LogP contribution in [0.3, 0.4) is 0 Å². The van der Waals surface area contributed by atoms with Crippen LogP contribution < -0.4 is 0 Å². The van der Waals surface area contributed by atoms with Crippen molar-refractivity contribution in [2.24, 2.45) is 0 Å². The number of aryl methyl sites for hydroxylation is 1. The van der Waals surface area contributed by atoms with Crippen molar-refractivity contribution in [3.05, 3.63) is 66.8 Å². The predicted molar refractivity (Wildman–Crippen MR) is 98.4 cm³/mol. The van der Waals surface area contributed by atoms with E-state index < -0.39 is 0 Å². The van der Waals surface area contributed by atoms with Gasteiger partial charge in [-0.25, -0.2) is 14.1 Å². The first kappa shape index (κ1) is 17.0. The molecule has 6 heteroatoms. The molecule has 2 aromatic heterocycles. The van der Waals surface area contributed by atoms with E-state index >= 15 is 0 Å². The maximum atomic E-state index is 13.9. The first-order valence-electron chi connectivity index (χ1n) is 9.28. The van der Waals surface area contributed by atoms with Gasteiger partial charge >= 0.3 is 0 Å². The Morgan fingerprint density at radius 1 is 1.15 bits per heavy atom. The highest BCUT2D eigenvalue weighted by Crippen LogP contribution is 2.25. The molecule has 0 spiro atoms. The first-order valence-corrected chi connectivity index (χ1v) is 9.28. The minimum atomic E-state index is -0.192. The van der Waals surface area contributed by atoms with Gasteiger partial charge in [0, 0.05) is 43.9 Å². The summed E-state index contributed by atoms with van der Waals surface area (Å²) in [5.74, 6) is -0.192. The normalized spacial score (nSPS) is 18.3. The Labute approximate surface area is 153 Å². The zero-order chi connectivity index (χ0) is 17.8. The van der Waals surface area contributed by atoms with Gasteiger partial charge in [-0.3, -0.25) is 4.90 Å². The average molecular weight is 353 g/mol. The molecule has 1 unspecified atom stereocenters. The number of halogens is 1. The topological polar surface area (TPSA) is 38.9 Å². The Morgan fingerprint density at radius 2 is 2.12 bits per heavy atom. The lowest BCUT2D eigenvalue weighted by Gasteiger charge is -2.36. The third kappa shape index (κ3) is 3.85. The summed E-state index contributed by atoms with van der Waals surface area (Å²) >= 11 is 0. The van der Waals surface area contributed by atoms with Gasteiger partial charge in [-0.15, -0.1) is 0 Å². The molecule has 1 fully saturated rings. The van der Waals surface area contributed by atoms with E-state index in [1.807, 2.05) is 41.7 Å². The van der Waals surface area contributed by atoms with Gasteiger partial charge in [-0.05, 0) is 55.6 Å². The van der Waals surface area contributed by atoms with Gasteiger partial charge < -0.3 is 4.57 Å². The van der Waals surface area contributed by atoms with E-state index in [0.29, 0.717) is 6.04 Å². The number of hydrogen-bond donors (Lipinski definition) is 0. The van der Waals surface area contributed by atoms with E-state index in [4.69, 9.17) is 0 Å². The van der Waals surface area contributed by atoms with Crippen molar-refractivity contribution in [1.29, 1.82) is 0 Å². The molecule has 0 aliphatic carbocycles. The van der Waals surface area contributed by atoms with Gasteiger partial charge in [-0.2, -0.15) is 5.10 Å². The van der Waals surface area contributed by atoms with Crippen LogP contribution >= 0.6 is 0 Å². The fourth-order valence-electron chi connectivity index (χ4n) is 3.85. The minimum absolute atomic E-state index is 0.192. The number of nitrogens with zero attached hydrogens (tertiary/aromatic N) is 5. The number of piperidine rings is 1. The van der Waals surface area contributed by atoms with Crippen LogP contribution in [-0.2, 0) is 13.1 Å². The second-order valence-electron chi connectivity index (χ2n) is 6.93. The Kier molecular flexibility index (Phi) is 5.11. The lowest BCUT2D eigenvalue weighted by Crippen LogP contribution is -2.39. The fourth-order valence-corrected chi connectivity index (χ4v) is 3.85. The van der Waals surface area contributed by atoms with Crippen molar-refractivity contribution in [2.75, 3.05) is 6.54 Å². The molecule has 136 valence electrons. The number of imidazole rings is 1. The molecule has 26 heavy (non-hydrogen) atoms. The van der Waals surface area contributed by atoms with Gasteiger partial charge in [0.15, 0.2) is 0 Å². The van der Waals surface area contributed by atoms with Crippen LogP contribution in [-0.4, -0.2) is 36.8 Å². The van der Waals surface area contributed by atoms with Crippen LogP contribution in [0, 0.1) is 5.82 Å². The summed E-state index contributed by atoms with van der Waals surface area (Å²) in [6.45, 7) is 2.78. The summed E-state index contributed by atoms with van der Waals surface area (Å²) in [5, 5.41) is 4.32. The van der Waals surface area contributed by atoms with Crippen LogP contribution in [0.5, 0.6) is 0 Å². The van der Waals surface area contributed by atoms with E-state index in [2.05, 4.69) is 19.5 Å². The molecule has 4 rings (SSSR count). The standard InChI is InChI=1S/C20H24FN5/c21-18-5-6-20(26-11-3-8-23-26)17(14-18)15-25-10-2-1-4-19(25)7-12-24-13-9-22-16-24/h3,5-6,8-9,11,13-14,16,19H,1-2,4,7,10,12,15H2. The SMILES string of the molecule is Fc1ccc(-n2cccn2)c(CN2CCCCC2CCn2ccnc2)c1. The lowest BCUT2D eigenvalue weighted by molar-refractivity contribution is 0.128. The molecule has 3 aromatic rings. The molecule has 1 atom stereocenters. The highest BCUT2D eigenvalue weighted by atomic mass is 19.1. The summed E-state index contributed by atoms with van der Waals surface area (Å²) in [7, 11) is 0. The van der Waals surface area contributed by atoms with Gasteiger partial charge in [0.2, 0.25) is 0 Å². The van der Waals surface area contributed by atoms with Crippen molar-refractivity contribution in [1.82, 2.24) is 24.2 Å². The van der Waals surface area contributed by atoms with Gasteiger partial charge in [0.25, 0.3) is 0 Å². The zero-order valence-electron chi connectivity index (χ0n) is 14.8. The molecule has 0 saturated carbocycles. The number of aromatic nitrogens is 4. The molecular formula is C20H24FN5. The van der Waals surface area contributed by atoms with Gasteiger partial charge in [-0.1, -0.05) is 6.42 Å². The number of benzene rings is 1. The van der Waals surface area contributed by atoms with E-state index in [0.717, 1.165) is 37.3 Å². The summed E-state index contributed by atoms with van der Waals surface area (Å²) in [4.78, 5) is 6.62. The summed E-state index contributed by atoms with van der Waals surface area (Å²) < 4.78 is 17.9. The van der Waals surface area contributed by atoms with Crippen molar-refractivity contribution in [3.8, 4) is 5.69 Å². The average Bonchev–Trinajstić information content (AvgIpc) is 3.35. The number of hydrogen-bond acceptors (Lipinski definition) is 3. The molecule has 1 saturated heterocycles. The molecule has 0 radical (unpaired) electrons. The molecule has 1 aliphatic rings. The third-order valence-electron chi connectivity index (χ3n) is 5.19. The Morgan fingerprint density at radius 3 is 2.92 bits per heavy atom. The molecule has 5 nitrogen and oxygen atoms in total. The van der Waals surface area contributed by atoms with E-state index in [9.17, 15) is 4.39 Å². The first-order chi connectivity index (χ1) is 12.8. The minimum Gasteiger partial charge on any atom is -0.337 e. The largest absolute Gasteiger partial charge is 0.337 e. The molecule has 1 aromatic carbocycles. The van der Waals surface area contributed by atoms with Gasteiger partial charge in [0.1, 0.15) is 5.82 Å². The molecule has 0 N–H and O–H groups in total. The Balaban J connectivity index is 1.52. The summed E-state index contributed by atoms with van der Waals surface area (Å²) in [6, 6.07) is 7.38. The molecule has 0 bridgehead atoms. The monoisotopic (exact) mass is 353 g/mol. The Hall–Kier alpha value is -2.47. The molecule has 0 amide bonds. The second-order valence-corrected chi connectivity index (χ2v) is 6.93. The van der Waals surface area contributed by atoms with Crippen LogP contribution in [0.4, 0.5) is 4.39 Å². The van der Waals surface area contributed by atoms with Crippen LogP contribution in [0.2, 0.25) is 0 Å². The van der Waals surface area contributed by atoms with Crippen molar-refractivity contribution in [3.63, 3.8) is 0 Å². The van der Waals surface area contributed by atoms with E-state index in [1.165, 1.54) is 25.3 Å². The lowest BCUT2D eigenvalue weighted by atomic mass is 9.98. The molecular weight excluding hydrogens is 329 g/mol. The van der Waals surface area contributed by atoms with Crippen molar-refractivity contribution < 1.29 is 4.39 Å². The van der Waals surface area contributed by atoms with Crippen molar-refractivity contribution in [2.45, 2.75) is 44.8 Å². The summed E-state index contributed by atoms with van der Waals surface area (Å²) in [5.41, 5.74) is 1.94. The molecule has 1 aliphatic heterocycles. The third-order valence-corrected chi connectivity index (χ3v) is 5.19. The maximum absolute atomic E-state index is 13.9. The van der Waals surface area contributed by atoms with Gasteiger partial charge in [0.05, 0.1) is 12.0 Å². The van der Waals surface area contributed by atoms with Crippen LogP contribution in [0.25, 0.3) is 5.69 Å². The second kappa shape index (κ2) is 7.83. The highest BCUT2D eigenvalue weighted by molar-refractivity contribution is 5.40. The smallest absolute Gasteiger partial charge is 0.123 e. The quantitative estimate of drug-likeness (QED) is 0.679. The Bertz CT molecular complexity index is 813. The van der Waals surface area contributed by atoms with E-state index in [-0.39, 0.29) is 5.82 Å². The zero-order valence-corrected chi connectivity index (χ0v) is 14.8. The maximum Gasteiger partial charge on any atom is 0.123 e. The molecule has 3 heterocycles. The van der Waals surface area contributed by atoms with Crippen LogP contribution in [0.1, 0.15) is 31.2 Å². The number of likely N-dealkylation sites (tertiary alicyclic amines) is 1. The summed E-state index contributed by atoms with van der Waals surface area (Å²) in [6.07, 6.45) is 14.1. The highest BCUT2D eigenvalue weighted by Gasteiger charge is 2.23.